The van der Waals surface area contributed by atoms with E-state index in [0.717, 1.165) is 30.6 Å². The second-order valence-electron chi connectivity index (χ2n) is 5.96. The van der Waals surface area contributed by atoms with Crippen LogP contribution in [-0.2, 0) is 17.8 Å². The Kier molecular flexibility index (Phi) is 7.47. The molecule has 0 spiro atoms. The third-order valence-corrected chi connectivity index (χ3v) is 4.88. The van der Waals surface area contributed by atoms with Crippen LogP contribution < -0.4 is 16.4 Å². The fourth-order valence-electron chi connectivity index (χ4n) is 2.20. The molecule has 1 heterocycles. The molecule has 5 nitrogen and oxygen atoms in total. The third-order valence-electron chi connectivity index (χ3n) is 3.94. The van der Waals surface area contributed by atoms with Crippen molar-refractivity contribution in [3.63, 3.8) is 0 Å². The van der Waals surface area contributed by atoms with Crippen molar-refractivity contribution in [3.05, 3.63) is 52.2 Å². The molecule has 0 saturated carbocycles. The lowest BCUT2D eigenvalue weighted by Crippen LogP contribution is -2.33. The number of hydrogen-bond donors (Lipinski definition) is 3. The second kappa shape index (κ2) is 9.84. The summed E-state index contributed by atoms with van der Waals surface area (Å²) < 4.78 is 0. The van der Waals surface area contributed by atoms with E-state index in [9.17, 15) is 4.79 Å². The number of thiophene rings is 1. The van der Waals surface area contributed by atoms with Crippen molar-refractivity contribution >= 4 is 28.9 Å². The summed E-state index contributed by atoms with van der Waals surface area (Å²) in [5, 5.41) is 8.13. The first-order valence-corrected chi connectivity index (χ1v) is 9.42. The van der Waals surface area contributed by atoms with Crippen LogP contribution in [0, 0.1) is 5.92 Å². The zero-order chi connectivity index (χ0) is 18.1. The lowest BCUT2D eigenvalue weighted by Gasteiger charge is -2.11. The summed E-state index contributed by atoms with van der Waals surface area (Å²) in [6.45, 7) is 5.17. The van der Waals surface area contributed by atoms with E-state index in [1.165, 1.54) is 4.88 Å². The van der Waals surface area contributed by atoms with Crippen molar-refractivity contribution in [1.29, 1.82) is 0 Å². The van der Waals surface area contributed by atoms with Crippen LogP contribution in [0.2, 0.25) is 0 Å². The van der Waals surface area contributed by atoms with E-state index in [2.05, 4.69) is 27.1 Å². The minimum Gasteiger partial charge on any atom is -0.370 e. The molecule has 0 aliphatic carbocycles. The highest BCUT2D eigenvalue weighted by atomic mass is 32.1. The molecule has 0 radical (unpaired) electrons. The van der Waals surface area contributed by atoms with Gasteiger partial charge in [0, 0.05) is 23.0 Å². The van der Waals surface area contributed by atoms with Gasteiger partial charge in [0.05, 0.1) is 6.54 Å². The van der Waals surface area contributed by atoms with Crippen molar-refractivity contribution in [1.82, 2.24) is 5.32 Å². The highest BCUT2D eigenvalue weighted by molar-refractivity contribution is 7.09. The number of nitrogens with one attached hydrogen (secondary N) is 2. The van der Waals surface area contributed by atoms with E-state index in [4.69, 9.17) is 5.73 Å². The molecule has 134 valence electrons. The van der Waals surface area contributed by atoms with Crippen LogP contribution in [0.1, 0.15) is 30.7 Å². The highest BCUT2D eigenvalue weighted by Crippen LogP contribution is 2.14. The minimum atomic E-state index is 0.00451. The molecule has 1 aromatic carbocycles. The van der Waals surface area contributed by atoms with Gasteiger partial charge in [0.1, 0.15) is 0 Å². The minimum absolute atomic E-state index is 0.00451. The fourth-order valence-corrected chi connectivity index (χ4v) is 2.91. The standard InChI is InChI=1S/C19H26N4OS/c1-3-14(2)18(24)23-16-7-4-6-15(12-16)13-22-19(20)21-10-9-17-8-5-11-25-17/h4-8,11-12,14H,3,9-10,13H2,1-2H3,(H,23,24)(H3,20,21,22). The van der Waals surface area contributed by atoms with Gasteiger partial charge in [0.15, 0.2) is 5.96 Å². The molecule has 0 aliphatic heterocycles. The highest BCUT2D eigenvalue weighted by Gasteiger charge is 2.10. The summed E-state index contributed by atoms with van der Waals surface area (Å²) in [4.78, 5) is 17.7. The Morgan fingerprint density at radius 1 is 1.32 bits per heavy atom. The van der Waals surface area contributed by atoms with Crippen molar-refractivity contribution in [2.24, 2.45) is 16.6 Å². The van der Waals surface area contributed by atoms with Gasteiger partial charge < -0.3 is 16.4 Å². The third kappa shape index (κ3) is 6.58. The first-order chi connectivity index (χ1) is 12.1. The van der Waals surface area contributed by atoms with Crippen LogP contribution in [0.15, 0.2) is 46.8 Å². The van der Waals surface area contributed by atoms with Gasteiger partial charge in [-0.3, -0.25) is 4.79 Å². The van der Waals surface area contributed by atoms with Crippen molar-refractivity contribution in [2.45, 2.75) is 33.2 Å². The maximum atomic E-state index is 12.0. The topological polar surface area (TPSA) is 79.5 Å². The van der Waals surface area contributed by atoms with E-state index < -0.39 is 0 Å². The number of anilines is 1. The van der Waals surface area contributed by atoms with Gasteiger partial charge in [-0.2, -0.15) is 0 Å². The molecule has 6 heteroatoms. The molecule has 1 amide bonds. The summed E-state index contributed by atoms with van der Waals surface area (Å²) in [7, 11) is 0. The number of hydrogen-bond acceptors (Lipinski definition) is 3. The predicted molar refractivity (Wildman–Crippen MR) is 106 cm³/mol. The number of rotatable bonds is 8. The molecular weight excluding hydrogens is 332 g/mol. The van der Waals surface area contributed by atoms with Crippen LogP contribution in [0.4, 0.5) is 5.69 Å². The van der Waals surface area contributed by atoms with Crippen LogP contribution >= 0.6 is 11.3 Å². The van der Waals surface area contributed by atoms with E-state index in [1.54, 1.807) is 11.3 Å². The summed E-state index contributed by atoms with van der Waals surface area (Å²) in [6, 6.07) is 11.9. The number of nitrogens with two attached hydrogens (primary N) is 1. The van der Waals surface area contributed by atoms with E-state index in [1.807, 2.05) is 44.2 Å². The number of benzene rings is 1. The van der Waals surface area contributed by atoms with Crippen molar-refractivity contribution in [3.8, 4) is 0 Å². The lowest BCUT2D eigenvalue weighted by atomic mass is 10.1. The number of guanidine groups is 1. The molecule has 0 aliphatic rings. The van der Waals surface area contributed by atoms with E-state index >= 15 is 0 Å². The van der Waals surface area contributed by atoms with Gasteiger partial charge >= 0.3 is 0 Å². The van der Waals surface area contributed by atoms with Crippen molar-refractivity contribution < 1.29 is 4.79 Å². The van der Waals surface area contributed by atoms with E-state index in [-0.39, 0.29) is 11.8 Å². The number of carbonyl (C=O) groups is 1. The Hall–Kier alpha value is -2.34. The van der Waals surface area contributed by atoms with Crippen LogP contribution in [-0.4, -0.2) is 18.4 Å². The zero-order valence-electron chi connectivity index (χ0n) is 14.8. The molecule has 2 aromatic rings. The summed E-state index contributed by atoms with van der Waals surface area (Å²) in [5.41, 5.74) is 7.71. The molecule has 1 atom stereocenters. The Labute approximate surface area is 153 Å². The molecular formula is C19H26N4OS. The molecule has 2 rings (SSSR count). The second-order valence-corrected chi connectivity index (χ2v) is 6.99. The number of nitrogens with zero attached hydrogens (tertiary/aromatic N) is 1. The maximum Gasteiger partial charge on any atom is 0.227 e. The number of carbonyl (C=O) groups excluding carboxylic acids is 1. The molecule has 25 heavy (non-hydrogen) atoms. The van der Waals surface area contributed by atoms with E-state index in [0.29, 0.717) is 12.5 Å². The molecule has 0 fully saturated rings. The van der Waals surface area contributed by atoms with Gasteiger partial charge in [-0.05, 0) is 42.0 Å². The van der Waals surface area contributed by atoms with Crippen LogP contribution in [0.25, 0.3) is 0 Å². The molecule has 0 saturated heterocycles. The Morgan fingerprint density at radius 2 is 2.16 bits per heavy atom. The van der Waals surface area contributed by atoms with Crippen LogP contribution in [0.3, 0.4) is 0 Å². The Bertz CT molecular complexity index is 697. The van der Waals surface area contributed by atoms with Gasteiger partial charge in [0.2, 0.25) is 5.91 Å². The Balaban J connectivity index is 1.82. The predicted octanol–water partition coefficient (Wildman–Crippen LogP) is 3.38. The molecule has 0 bridgehead atoms. The van der Waals surface area contributed by atoms with Gasteiger partial charge in [-0.15, -0.1) is 11.3 Å². The monoisotopic (exact) mass is 358 g/mol. The SMILES string of the molecule is CCC(C)C(=O)Nc1cccc(CN=C(N)NCCc2cccs2)c1. The number of aliphatic imine (C=N–C) groups is 1. The summed E-state index contributed by atoms with van der Waals surface area (Å²) in [5.74, 6) is 0.480. The first-order valence-electron chi connectivity index (χ1n) is 8.54. The summed E-state index contributed by atoms with van der Waals surface area (Å²) >= 11 is 1.74. The number of amides is 1. The zero-order valence-corrected chi connectivity index (χ0v) is 15.6. The van der Waals surface area contributed by atoms with Gasteiger partial charge in [0.25, 0.3) is 0 Å². The summed E-state index contributed by atoms with van der Waals surface area (Å²) in [6.07, 6.45) is 1.76. The van der Waals surface area contributed by atoms with Crippen LogP contribution in [0.5, 0.6) is 0 Å². The molecule has 4 N–H and O–H groups in total. The average molecular weight is 359 g/mol. The maximum absolute atomic E-state index is 12.0. The molecule has 1 unspecified atom stereocenters. The molecule has 1 aromatic heterocycles. The average Bonchev–Trinajstić information content (AvgIpc) is 3.13. The van der Waals surface area contributed by atoms with Gasteiger partial charge in [-0.1, -0.05) is 32.0 Å². The first kappa shape index (κ1) is 19.0. The van der Waals surface area contributed by atoms with Gasteiger partial charge in [-0.25, -0.2) is 4.99 Å². The lowest BCUT2D eigenvalue weighted by molar-refractivity contribution is -0.119. The fraction of sp³-hybridized carbons (Fsp3) is 0.368. The quantitative estimate of drug-likeness (QED) is 0.500. The largest absolute Gasteiger partial charge is 0.370 e. The Morgan fingerprint density at radius 3 is 2.88 bits per heavy atom. The smallest absolute Gasteiger partial charge is 0.227 e. The normalized spacial score (nSPS) is 12.6. The van der Waals surface area contributed by atoms with Crippen molar-refractivity contribution in [2.75, 3.05) is 11.9 Å².